The first-order valence-electron chi connectivity index (χ1n) is 4.06. The molecule has 0 nitrogen and oxygen atoms in total. The molecule has 0 aliphatic rings. The smallest absolute Gasteiger partial charge is 0.0388 e. The molecule has 0 saturated carbocycles. The van der Waals surface area contributed by atoms with E-state index in [1.807, 2.05) is 6.08 Å². The monoisotopic (exact) mass is 173 g/mol. The number of hydrogen-bond acceptors (Lipinski definition) is 0. The average molecular weight is 173 g/mol. The van der Waals surface area contributed by atoms with E-state index < -0.39 is 0 Å². The fourth-order valence-corrected chi connectivity index (χ4v) is 1.55. The first kappa shape index (κ1) is 9.27. The minimum Gasteiger partial charge on any atom is -0.103 e. The van der Waals surface area contributed by atoms with Crippen molar-refractivity contribution in [1.29, 1.82) is 0 Å². The number of aryl methyl sites for hydroxylation is 1. The van der Waals surface area contributed by atoms with Crippen molar-refractivity contribution in [3.63, 3.8) is 0 Å². The Hall–Kier alpha value is -0.823. The van der Waals surface area contributed by atoms with Gasteiger partial charge in [0.15, 0.2) is 0 Å². The van der Waals surface area contributed by atoms with E-state index in [1.165, 1.54) is 16.7 Å². The predicted molar refractivity (Wildman–Crippen MR) is 54.6 cm³/mol. The standard InChI is InChI=1S/C11H13Si/c1-4-11(12)10-7-5-6-8(2)9(10)3/h4-7,11H,1H2,2-3H3. The molecule has 0 aromatic heterocycles. The zero-order chi connectivity index (χ0) is 9.14. The van der Waals surface area contributed by atoms with Crippen LogP contribution in [0.1, 0.15) is 22.2 Å². The Morgan fingerprint density at radius 1 is 1.42 bits per heavy atom. The molecule has 61 valence electrons. The first-order chi connectivity index (χ1) is 5.66. The third kappa shape index (κ3) is 1.67. The summed E-state index contributed by atoms with van der Waals surface area (Å²) in [6.07, 6.45) is 1.90. The van der Waals surface area contributed by atoms with E-state index >= 15 is 0 Å². The van der Waals surface area contributed by atoms with E-state index in [9.17, 15) is 0 Å². The zero-order valence-corrected chi connectivity index (χ0v) is 8.59. The number of rotatable bonds is 2. The van der Waals surface area contributed by atoms with Crippen LogP contribution in [0.2, 0.25) is 0 Å². The van der Waals surface area contributed by atoms with Gasteiger partial charge in [0.2, 0.25) is 0 Å². The highest BCUT2D eigenvalue weighted by molar-refractivity contribution is 6.13. The van der Waals surface area contributed by atoms with Crippen molar-refractivity contribution >= 4 is 10.2 Å². The highest BCUT2D eigenvalue weighted by atomic mass is 28.1. The largest absolute Gasteiger partial charge is 0.103 e. The lowest BCUT2D eigenvalue weighted by Gasteiger charge is -2.11. The molecule has 0 fully saturated rings. The maximum Gasteiger partial charge on any atom is 0.0388 e. The van der Waals surface area contributed by atoms with Gasteiger partial charge in [-0.3, -0.25) is 0 Å². The topological polar surface area (TPSA) is 0 Å². The van der Waals surface area contributed by atoms with Crippen LogP contribution in [0.25, 0.3) is 0 Å². The molecule has 12 heavy (non-hydrogen) atoms. The van der Waals surface area contributed by atoms with Crippen molar-refractivity contribution < 1.29 is 0 Å². The second-order valence-electron chi connectivity index (χ2n) is 3.00. The summed E-state index contributed by atoms with van der Waals surface area (Å²) in [7, 11) is 3.60. The molecule has 0 saturated heterocycles. The van der Waals surface area contributed by atoms with E-state index in [-0.39, 0.29) is 5.54 Å². The van der Waals surface area contributed by atoms with Gasteiger partial charge in [0.25, 0.3) is 0 Å². The third-order valence-electron chi connectivity index (χ3n) is 2.22. The highest BCUT2D eigenvalue weighted by Gasteiger charge is 2.04. The van der Waals surface area contributed by atoms with E-state index in [2.05, 4.69) is 48.9 Å². The fraction of sp³-hybridized carbons (Fsp3) is 0.273. The summed E-state index contributed by atoms with van der Waals surface area (Å²) >= 11 is 0. The minimum atomic E-state index is 0.268. The molecule has 1 aromatic carbocycles. The van der Waals surface area contributed by atoms with Crippen LogP contribution >= 0.6 is 0 Å². The molecule has 0 bridgehead atoms. The molecule has 1 aromatic rings. The van der Waals surface area contributed by atoms with Gasteiger partial charge in [0.1, 0.15) is 0 Å². The van der Waals surface area contributed by atoms with Gasteiger partial charge in [-0.1, -0.05) is 24.3 Å². The molecular weight excluding hydrogens is 160 g/mol. The molecular formula is C11H13Si. The highest BCUT2D eigenvalue weighted by Crippen LogP contribution is 2.20. The Kier molecular flexibility index (Phi) is 2.87. The van der Waals surface area contributed by atoms with Gasteiger partial charge in [-0.25, -0.2) is 0 Å². The maximum atomic E-state index is 3.76. The molecule has 1 atom stereocenters. The number of hydrogen-bond donors (Lipinski definition) is 0. The normalized spacial score (nSPS) is 12.6. The summed E-state index contributed by atoms with van der Waals surface area (Å²) in [4.78, 5) is 0. The molecule has 0 aliphatic carbocycles. The lowest BCUT2D eigenvalue weighted by atomic mass is 10.0. The van der Waals surface area contributed by atoms with Crippen molar-refractivity contribution in [1.82, 2.24) is 0 Å². The Balaban J connectivity index is 3.15. The van der Waals surface area contributed by atoms with Crippen molar-refractivity contribution in [2.75, 3.05) is 0 Å². The Morgan fingerprint density at radius 2 is 2.08 bits per heavy atom. The maximum absolute atomic E-state index is 3.76. The minimum absolute atomic E-state index is 0.268. The molecule has 3 radical (unpaired) electrons. The molecule has 0 aliphatic heterocycles. The Bertz CT molecular complexity index is 289. The first-order valence-corrected chi connectivity index (χ1v) is 4.64. The van der Waals surface area contributed by atoms with Crippen LogP contribution in [0.5, 0.6) is 0 Å². The van der Waals surface area contributed by atoms with Crippen molar-refractivity contribution in [3.8, 4) is 0 Å². The second-order valence-corrected chi connectivity index (χ2v) is 3.62. The van der Waals surface area contributed by atoms with Crippen molar-refractivity contribution in [3.05, 3.63) is 47.5 Å². The summed E-state index contributed by atoms with van der Waals surface area (Å²) in [5, 5.41) is 0. The van der Waals surface area contributed by atoms with E-state index in [0.717, 1.165) is 0 Å². The molecule has 0 N–H and O–H groups in total. The Labute approximate surface area is 77.7 Å². The molecule has 1 unspecified atom stereocenters. The van der Waals surface area contributed by atoms with Gasteiger partial charge in [0, 0.05) is 10.2 Å². The van der Waals surface area contributed by atoms with Gasteiger partial charge in [-0.05, 0) is 36.1 Å². The second kappa shape index (κ2) is 3.72. The lowest BCUT2D eigenvalue weighted by Crippen LogP contribution is -1.98. The summed E-state index contributed by atoms with van der Waals surface area (Å²) in [6.45, 7) is 8.03. The fourth-order valence-electron chi connectivity index (χ4n) is 1.24. The zero-order valence-electron chi connectivity index (χ0n) is 7.59. The van der Waals surface area contributed by atoms with Gasteiger partial charge in [0.05, 0.1) is 0 Å². The lowest BCUT2D eigenvalue weighted by molar-refractivity contribution is 1.15. The predicted octanol–water partition coefficient (Wildman–Crippen LogP) is 2.70. The molecule has 0 spiro atoms. The van der Waals surface area contributed by atoms with Crippen LogP contribution in [0.3, 0.4) is 0 Å². The quantitative estimate of drug-likeness (QED) is 0.476. The number of benzene rings is 1. The van der Waals surface area contributed by atoms with Crippen LogP contribution in [0.15, 0.2) is 30.9 Å². The van der Waals surface area contributed by atoms with Gasteiger partial charge in [-0.2, -0.15) is 0 Å². The third-order valence-corrected chi connectivity index (χ3v) is 2.76. The van der Waals surface area contributed by atoms with Crippen LogP contribution in [-0.2, 0) is 0 Å². The molecule has 0 amide bonds. The molecule has 0 heterocycles. The van der Waals surface area contributed by atoms with Crippen molar-refractivity contribution in [2.45, 2.75) is 19.4 Å². The molecule has 1 rings (SSSR count). The summed E-state index contributed by atoms with van der Waals surface area (Å²) in [5.41, 5.74) is 4.25. The summed E-state index contributed by atoms with van der Waals surface area (Å²) < 4.78 is 0. The van der Waals surface area contributed by atoms with Crippen LogP contribution < -0.4 is 0 Å². The van der Waals surface area contributed by atoms with E-state index in [4.69, 9.17) is 0 Å². The average Bonchev–Trinajstić information content (AvgIpc) is 2.08. The van der Waals surface area contributed by atoms with Crippen molar-refractivity contribution in [2.24, 2.45) is 0 Å². The van der Waals surface area contributed by atoms with Gasteiger partial charge >= 0.3 is 0 Å². The van der Waals surface area contributed by atoms with Gasteiger partial charge in [-0.15, -0.1) is 6.58 Å². The van der Waals surface area contributed by atoms with E-state index in [1.54, 1.807) is 0 Å². The van der Waals surface area contributed by atoms with E-state index in [0.29, 0.717) is 0 Å². The Morgan fingerprint density at radius 3 is 2.67 bits per heavy atom. The van der Waals surface area contributed by atoms with Crippen LogP contribution in [-0.4, -0.2) is 10.2 Å². The number of allylic oxidation sites excluding steroid dienone is 1. The van der Waals surface area contributed by atoms with Gasteiger partial charge < -0.3 is 0 Å². The SMILES string of the molecule is C=CC([Si])c1cccc(C)c1C. The molecule has 1 heteroatoms. The van der Waals surface area contributed by atoms with Crippen LogP contribution in [0, 0.1) is 13.8 Å². The summed E-state index contributed by atoms with van der Waals surface area (Å²) in [5.74, 6) is 0. The summed E-state index contributed by atoms with van der Waals surface area (Å²) in [6, 6.07) is 6.33. The van der Waals surface area contributed by atoms with Crippen LogP contribution in [0.4, 0.5) is 0 Å².